The number of amides is 2. The molecule has 1 fully saturated rings. The van der Waals surface area contributed by atoms with Gasteiger partial charge in [-0.25, -0.2) is 9.59 Å². The van der Waals surface area contributed by atoms with Crippen LogP contribution in [0.15, 0.2) is 134 Å². The lowest BCUT2D eigenvalue weighted by Gasteiger charge is -2.49. The normalized spacial score (nSPS) is 19.4. The maximum absolute atomic E-state index is 14.4. The molecule has 5 rings (SSSR count). The van der Waals surface area contributed by atoms with E-state index in [1.807, 2.05) is 97.1 Å². The largest absolute Gasteiger partial charge is 0.460 e. The second-order valence-electron chi connectivity index (χ2n) is 13.2. The molecule has 1 saturated heterocycles. The SMILES string of the molecule is C=CCOC(=O)[C@H](CC(N)=O)N(C(=O)OCc1ccccc1)[C@@H]1O[C@H](COCc2ccccc2)[C@@H](OCc2ccccc2)[C@H](OCc2ccccc2)[C@H]1OC(C)=O. The molecule has 6 atom stereocenters. The first kappa shape index (κ1) is 42.3. The third kappa shape index (κ3) is 12.8. The molecule has 2 amide bonds. The Labute approximate surface area is 332 Å². The molecule has 0 bridgehead atoms. The highest BCUT2D eigenvalue weighted by atomic mass is 16.6. The molecule has 0 unspecified atom stereocenters. The van der Waals surface area contributed by atoms with E-state index in [1.54, 1.807) is 24.3 Å². The molecule has 300 valence electrons. The molecule has 13 heteroatoms. The van der Waals surface area contributed by atoms with Gasteiger partial charge in [-0.05, 0) is 22.3 Å². The van der Waals surface area contributed by atoms with Crippen LogP contribution in [-0.2, 0) is 74.0 Å². The minimum atomic E-state index is -1.70. The predicted molar refractivity (Wildman–Crippen MR) is 208 cm³/mol. The Kier molecular flexibility index (Phi) is 16.3. The van der Waals surface area contributed by atoms with Crippen LogP contribution in [0.5, 0.6) is 0 Å². The van der Waals surface area contributed by atoms with Crippen LogP contribution in [0.3, 0.4) is 0 Å². The highest BCUT2D eigenvalue weighted by molar-refractivity contribution is 5.87. The lowest BCUT2D eigenvalue weighted by molar-refractivity contribution is -0.291. The van der Waals surface area contributed by atoms with Crippen LogP contribution in [-0.4, -0.2) is 78.7 Å². The lowest BCUT2D eigenvalue weighted by Crippen LogP contribution is -2.68. The van der Waals surface area contributed by atoms with Gasteiger partial charge in [0.2, 0.25) is 5.91 Å². The third-order valence-electron chi connectivity index (χ3n) is 8.91. The number of primary amides is 1. The molecular weight excluding hydrogens is 732 g/mol. The number of benzene rings is 4. The maximum atomic E-state index is 14.4. The summed E-state index contributed by atoms with van der Waals surface area (Å²) in [6.07, 6.45) is -6.67. The molecular formula is C44H48N2O11. The number of ether oxygens (including phenoxy) is 7. The van der Waals surface area contributed by atoms with Gasteiger partial charge in [0.25, 0.3) is 0 Å². The number of esters is 2. The number of hydrogen-bond donors (Lipinski definition) is 1. The first-order valence-electron chi connectivity index (χ1n) is 18.5. The molecule has 2 N–H and O–H groups in total. The van der Waals surface area contributed by atoms with E-state index in [0.29, 0.717) is 5.56 Å². The molecule has 4 aromatic rings. The Morgan fingerprint density at radius 3 is 1.68 bits per heavy atom. The van der Waals surface area contributed by atoms with Crippen LogP contribution in [0.25, 0.3) is 0 Å². The van der Waals surface area contributed by atoms with Crippen LogP contribution in [0.4, 0.5) is 4.79 Å². The van der Waals surface area contributed by atoms with Crippen molar-refractivity contribution in [3.63, 3.8) is 0 Å². The standard InChI is InChI=1S/C44H48N2O11/c1-3-24-52-43(49)36(25-38(45)48)46(44(50)55-29-35-22-14-7-15-23-35)42-41(56-31(2)47)40(54-28-34-20-12-6-13-21-34)39(53-27-33-18-10-5-11-19-33)37(57-42)30-51-26-32-16-8-4-9-17-32/h3-23,36-37,39-42H,1,24-30H2,2H3,(H2,45,48)/t36-,37+,39+,40-,41+,42+/m0/s1. The summed E-state index contributed by atoms with van der Waals surface area (Å²) in [6.45, 7) is 4.56. The molecule has 0 spiro atoms. The Bertz CT molecular complexity index is 1860. The van der Waals surface area contributed by atoms with Crippen LogP contribution >= 0.6 is 0 Å². The lowest BCUT2D eigenvalue weighted by atomic mass is 9.95. The van der Waals surface area contributed by atoms with Gasteiger partial charge in [0, 0.05) is 6.92 Å². The zero-order valence-corrected chi connectivity index (χ0v) is 31.8. The molecule has 0 saturated carbocycles. The van der Waals surface area contributed by atoms with Crippen molar-refractivity contribution in [2.75, 3.05) is 13.2 Å². The van der Waals surface area contributed by atoms with Crippen molar-refractivity contribution in [3.8, 4) is 0 Å². The van der Waals surface area contributed by atoms with Gasteiger partial charge < -0.3 is 38.9 Å². The van der Waals surface area contributed by atoms with Crippen LogP contribution in [0.1, 0.15) is 35.6 Å². The Morgan fingerprint density at radius 2 is 1.19 bits per heavy atom. The molecule has 0 aromatic heterocycles. The van der Waals surface area contributed by atoms with E-state index in [1.165, 1.54) is 13.0 Å². The van der Waals surface area contributed by atoms with Crippen molar-refractivity contribution in [3.05, 3.63) is 156 Å². The Balaban J connectivity index is 1.61. The van der Waals surface area contributed by atoms with Gasteiger partial charge >= 0.3 is 18.0 Å². The van der Waals surface area contributed by atoms with Gasteiger partial charge in [0.1, 0.15) is 37.6 Å². The van der Waals surface area contributed by atoms with Crippen molar-refractivity contribution in [1.82, 2.24) is 4.90 Å². The number of carbonyl (C=O) groups excluding carboxylic acids is 4. The van der Waals surface area contributed by atoms with E-state index in [0.717, 1.165) is 21.6 Å². The van der Waals surface area contributed by atoms with Crippen molar-refractivity contribution in [2.24, 2.45) is 5.73 Å². The Morgan fingerprint density at radius 1 is 0.702 bits per heavy atom. The van der Waals surface area contributed by atoms with E-state index in [4.69, 9.17) is 38.9 Å². The second kappa shape index (κ2) is 22.0. The van der Waals surface area contributed by atoms with Crippen LogP contribution in [0.2, 0.25) is 0 Å². The van der Waals surface area contributed by atoms with E-state index in [9.17, 15) is 19.2 Å². The molecule has 57 heavy (non-hydrogen) atoms. The summed E-state index contributed by atoms with van der Waals surface area (Å²) >= 11 is 0. The van der Waals surface area contributed by atoms with Crippen LogP contribution in [0, 0.1) is 0 Å². The molecule has 0 radical (unpaired) electrons. The summed E-state index contributed by atoms with van der Waals surface area (Å²) in [7, 11) is 0. The minimum absolute atomic E-state index is 0.0311. The van der Waals surface area contributed by atoms with Crippen molar-refractivity contribution in [2.45, 2.75) is 76.5 Å². The van der Waals surface area contributed by atoms with Gasteiger partial charge in [-0.1, -0.05) is 134 Å². The molecule has 1 aliphatic rings. The van der Waals surface area contributed by atoms with Gasteiger partial charge in [0.05, 0.1) is 32.8 Å². The fraction of sp³-hybridized carbons (Fsp3) is 0.318. The summed E-state index contributed by atoms with van der Waals surface area (Å²) in [5.74, 6) is -2.68. The first-order valence-corrected chi connectivity index (χ1v) is 18.5. The monoisotopic (exact) mass is 780 g/mol. The third-order valence-corrected chi connectivity index (χ3v) is 8.91. The molecule has 1 heterocycles. The van der Waals surface area contributed by atoms with Gasteiger partial charge in [0.15, 0.2) is 12.3 Å². The number of carbonyl (C=O) groups is 4. The number of hydrogen-bond acceptors (Lipinski definition) is 11. The minimum Gasteiger partial charge on any atom is -0.460 e. The topological polar surface area (TPSA) is 162 Å². The zero-order chi connectivity index (χ0) is 40.4. The molecule has 4 aromatic carbocycles. The van der Waals surface area contributed by atoms with Gasteiger partial charge in [-0.15, -0.1) is 0 Å². The quantitative estimate of drug-likeness (QED) is 0.0671. The van der Waals surface area contributed by atoms with E-state index in [-0.39, 0.29) is 39.6 Å². The summed E-state index contributed by atoms with van der Waals surface area (Å²) in [5.41, 5.74) is 8.83. The predicted octanol–water partition coefficient (Wildman–Crippen LogP) is 5.64. The molecule has 0 aliphatic carbocycles. The summed E-state index contributed by atoms with van der Waals surface area (Å²) in [6, 6.07) is 35.4. The summed E-state index contributed by atoms with van der Waals surface area (Å²) in [4.78, 5) is 54.7. The van der Waals surface area contributed by atoms with Crippen LogP contribution < -0.4 is 5.73 Å². The van der Waals surface area contributed by atoms with E-state index >= 15 is 0 Å². The highest BCUT2D eigenvalue weighted by Gasteiger charge is 2.55. The van der Waals surface area contributed by atoms with Gasteiger partial charge in [-0.3, -0.25) is 14.5 Å². The fourth-order valence-corrected chi connectivity index (χ4v) is 6.29. The molecule has 13 nitrogen and oxygen atoms in total. The van der Waals surface area contributed by atoms with E-state index in [2.05, 4.69) is 6.58 Å². The first-order chi connectivity index (χ1) is 27.7. The smallest absolute Gasteiger partial charge is 0.413 e. The van der Waals surface area contributed by atoms with Gasteiger partial charge in [-0.2, -0.15) is 0 Å². The average Bonchev–Trinajstić information content (AvgIpc) is 3.22. The van der Waals surface area contributed by atoms with Crippen molar-refractivity contribution in [1.29, 1.82) is 0 Å². The van der Waals surface area contributed by atoms with E-state index < -0.39 is 67.0 Å². The average molecular weight is 781 g/mol. The number of nitrogens with two attached hydrogens (primary N) is 1. The van der Waals surface area contributed by atoms with Crippen molar-refractivity contribution < 1.29 is 52.3 Å². The summed E-state index contributed by atoms with van der Waals surface area (Å²) < 4.78 is 43.2. The maximum Gasteiger partial charge on any atom is 0.413 e. The van der Waals surface area contributed by atoms with Crippen molar-refractivity contribution >= 4 is 23.9 Å². The number of rotatable bonds is 20. The summed E-state index contributed by atoms with van der Waals surface area (Å²) in [5, 5.41) is 0. The molecule has 1 aliphatic heterocycles. The zero-order valence-electron chi connectivity index (χ0n) is 31.8. The Hall–Kier alpha value is -5.86. The fourth-order valence-electron chi connectivity index (χ4n) is 6.29. The number of nitrogens with zero attached hydrogens (tertiary/aromatic N) is 1. The highest BCUT2D eigenvalue weighted by Crippen LogP contribution is 2.34. The second-order valence-corrected chi connectivity index (χ2v) is 13.2.